The Morgan fingerprint density at radius 3 is 1.78 bits per heavy atom. The molecular weight excluding hydrogens is 386 g/mol. The second-order valence-electron chi connectivity index (χ2n) is 7.69. The minimum atomic E-state index is 0.819. The summed E-state index contributed by atoms with van der Waals surface area (Å²) in [6, 6.07) is 28.9. The predicted molar refractivity (Wildman–Crippen MR) is 144 cm³/mol. The molecule has 0 fully saturated rings. The van der Waals surface area contributed by atoms with E-state index in [1.807, 2.05) is 13.8 Å². The van der Waals surface area contributed by atoms with E-state index in [9.17, 15) is 0 Å². The Labute approximate surface area is 197 Å². The van der Waals surface area contributed by atoms with E-state index in [0.29, 0.717) is 0 Å². The lowest BCUT2D eigenvalue weighted by atomic mass is 9.98. The minimum absolute atomic E-state index is 0.819. The highest BCUT2D eigenvalue weighted by Crippen LogP contribution is 2.22. The summed E-state index contributed by atoms with van der Waals surface area (Å²) in [5.74, 6) is 0. The van der Waals surface area contributed by atoms with Gasteiger partial charge in [-0.1, -0.05) is 106 Å². The summed E-state index contributed by atoms with van der Waals surface area (Å²) in [4.78, 5) is 0. The van der Waals surface area contributed by atoms with Gasteiger partial charge in [-0.3, -0.25) is 0 Å². The summed E-state index contributed by atoms with van der Waals surface area (Å²) in [7, 11) is 0. The quantitative estimate of drug-likeness (QED) is 0.240. The van der Waals surface area contributed by atoms with E-state index in [1.165, 1.54) is 59.9 Å². The highest BCUT2D eigenvalue weighted by atomic mass is 14.5. The van der Waals surface area contributed by atoms with Crippen LogP contribution in [0.3, 0.4) is 0 Å². The van der Waals surface area contributed by atoms with E-state index in [4.69, 9.17) is 5.73 Å². The van der Waals surface area contributed by atoms with Crippen molar-refractivity contribution in [3.05, 3.63) is 109 Å². The first-order valence-electron chi connectivity index (χ1n) is 12.3. The van der Waals surface area contributed by atoms with Crippen LogP contribution in [-0.4, -0.2) is 6.54 Å². The fraction of sp³-hybridized carbons (Fsp3) is 0.355. The van der Waals surface area contributed by atoms with Crippen molar-refractivity contribution in [1.29, 1.82) is 0 Å². The highest BCUT2D eigenvalue weighted by Gasteiger charge is 2.02. The second-order valence-corrected chi connectivity index (χ2v) is 7.69. The van der Waals surface area contributed by atoms with Crippen LogP contribution in [0, 0.1) is 0 Å². The van der Waals surface area contributed by atoms with Crippen molar-refractivity contribution >= 4 is 0 Å². The third-order valence-corrected chi connectivity index (χ3v) is 5.41. The van der Waals surface area contributed by atoms with Crippen LogP contribution in [-0.2, 0) is 19.3 Å². The van der Waals surface area contributed by atoms with Crippen LogP contribution < -0.4 is 5.73 Å². The lowest BCUT2D eigenvalue weighted by Crippen LogP contribution is -1.97. The fourth-order valence-corrected chi connectivity index (χ4v) is 3.74. The first-order chi connectivity index (χ1) is 15.8. The molecule has 2 N–H and O–H groups in total. The van der Waals surface area contributed by atoms with Gasteiger partial charge in [-0.05, 0) is 72.9 Å². The van der Waals surface area contributed by atoms with Crippen molar-refractivity contribution in [2.45, 2.75) is 65.2 Å². The summed E-state index contributed by atoms with van der Waals surface area (Å²) >= 11 is 0. The molecule has 1 nitrogen and oxygen atoms in total. The largest absolute Gasteiger partial charge is 0.330 e. The molecule has 0 bridgehead atoms. The molecule has 0 spiro atoms. The van der Waals surface area contributed by atoms with Gasteiger partial charge in [-0.25, -0.2) is 0 Å². The highest BCUT2D eigenvalue weighted by molar-refractivity contribution is 5.64. The van der Waals surface area contributed by atoms with Crippen LogP contribution in [0.15, 0.2) is 92.0 Å². The average molecular weight is 430 g/mol. The minimum Gasteiger partial charge on any atom is -0.330 e. The van der Waals surface area contributed by atoms with Crippen LogP contribution in [0.4, 0.5) is 0 Å². The Balaban J connectivity index is 0.00000121. The predicted octanol–water partition coefficient (Wildman–Crippen LogP) is 8.42. The van der Waals surface area contributed by atoms with E-state index >= 15 is 0 Å². The number of hydrogen-bond acceptors (Lipinski definition) is 1. The number of unbranched alkanes of at least 4 members (excludes halogenated alkanes) is 3. The number of aryl methyl sites for hydroxylation is 3. The van der Waals surface area contributed by atoms with Crippen molar-refractivity contribution in [2.24, 2.45) is 5.73 Å². The monoisotopic (exact) mass is 429 g/mol. The lowest BCUT2D eigenvalue weighted by molar-refractivity contribution is 0.647. The van der Waals surface area contributed by atoms with Crippen LogP contribution in [0.25, 0.3) is 11.1 Å². The van der Waals surface area contributed by atoms with Gasteiger partial charge in [0.2, 0.25) is 0 Å². The zero-order chi connectivity index (χ0) is 23.4. The van der Waals surface area contributed by atoms with Gasteiger partial charge in [0.25, 0.3) is 0 Å². The first-order valence-corrected chi connectivity index (χ1v) is 12.3. The van der Waals surface area contributed by atoms with Gasteiger partial charge in [0.05, 0.1) is 0 Å². The normalized spacial score (nSPS) is 9.84. The molecule has 0 amide bonds. The summed E-state index contributed by atoms with van der Waals surface area (Å²) in [6.45, 7) is 10.8. The maximum Gasteiger partial charge on any atom is -0.00773 e. The SMILES string of the molecule is C=C.CC.NCCCCCCc1ccc(-c2cccc(CCCc3ccccc3)c2)cc1. The van der Waals surface area contributed by atoms with Crippen molar-refractivity contribution in [1.82, 2.24) is 0 Å². The molecule has 0 saturated carbocycles. The van der Waals surface area contributed by atoms with E-state index in [-0.39, 0.29) is 0 Å². The molecule has 0 aliphatic heterocycles. The molecule has 0 saturated heterocycles. The molecular formula is C31H43N. The van der Waals surface area contributed by atoms with Crippen molar-refractivity contribution in [3.8, 4) is 11.1 Å². The van der Waals surface area contributed by atoms with Crippen LogP contribution >= 0.6 is 0 Å². The van der Waals surface area contributed by atoms with Gasteiger partial charge in [0.1, 0.15) is 0 Å². The molecule has 3 aromatic rings. The molecule has 0 aliphatic carbocycles. The van der Waals surface area contributed by atoms with Crippen LogP contribution in [0.1, 0.15) is 62.6 Å². The molecule has 0 heterocycles. The summed E-state index contributed by atoms with van der Waals surface area (Å²) in [5, 5.41) is 0. The fourth-order valence-electron chi connectivity index (χ4n) is 3.74. The molecule has 172 valence electrons. The van der Waals surface area contributed by atoms with Crippen molar-refractivity contribution in [3.63, 3.8) is 0 Å². The van der Waals surface area contributed by atoms with E-state index < -0.39 is 0 Å². The summed E-state index contributed by atoms with van der Waals surface area (Å²) < 4.78 is 0. The average Bonchev–Trinajstić information content (AvgIpc) is 2.88. The zero-order valence-corrected chi connectivity index (χ0v) is 20.4. The van der Waals surface area contributed by atoms with Crippen molar-refractivity contribution in [2.75, 3.05) is 6.54 Å². The molecule has 0 aromatic heterocycles. The Morgan fingerprint density at radius 2 is 1.09 bits per heavy atom. The molecule has 0 atom stereocenters. The van der Waals surface area contributed by atoms with Gasteiger partial charge in [0.15, 0.2) is 0 Å². The third kappa shape index (κ3) is 10.6. The number of benzene rings is 3. The molecule has 0 radical (unpaired) electrons. The van der Waals surface area contributed by atoms with E-state index in [0.717, 1.165) is 25.8 Å². The molecule has 3 aromatic carbocycles. The standard InChI is InChI=1S/C27H33N.C2H6.C2H4/c28-21-7-2-1-4-12-24-17-19-26(20-18-24)27-16-9-15-25(22-27)14-8-13-23-10-5-3-6-11-23;2*1-2/h3,5-6,9-11,15-20,22H,1-2,4,7-8,12-14,21,28H2;1-2H3;1-2H2. The summed E-state index contributed by atoms with van der Waals surface area (Å²) in [5.41, 5.74) is 12.5. The van der Waals surface area contributed by atoms with Gasteiger partial charge in [-0.2, -0.15) is 0 Å². The summed E-state index contributed by atoms with van der Waals surface area (Å²) in [6.07, 6.45) is 9.59. The Hall–Kier alpha value is -2.64. The Morgan fingerprint density at radius 1 is 0.531 bits per heavy atom. The van der Waals surface area contributed by atoms with Gasteiger partial charge >= 0.3 is 0 Å². The van der Waals surface area contributed by atoms with Gasteiger partial charge in [0, 0.05) is 0 Å². The number of hydrogen-bond donors (Lipinski definition) is 1. The van der Waals surface area contributed by atoms with Crippen LogP contribution in [0.5, 0.6) is 0 Å². The maximum absolute atomic E-state index is 5.56. The van der Waals surface area contributed by atoms with Gasteiger partial charge in [-0.15, -0.1) is 13.2 Å². The zero-order valence-electron chi connectivity index (χ0n) is 20.4. The molecule has 0 aliphatic rings. The van der Waals surface area contributed by atoms with E-state index in [2.05, 4.69) is 92.0 Å². The topological polar surface area (TPSA) is 26.0 Å². The first kappa shape index (κ1) is 27.4. The molecule has 0 unspecified atom stereocenters. The number of rotatable bonds is 11. The number of nitrogens with two attached hydrogens (primary N) is 1. The third-order valence-electron chi connectivity index (χ3n) is 5.41. The van der Waals surface area contributed by atoms with E-state index in [1.54, 1.807) is 0 Å². The smallest absolute Gasteiger partial charge is 0.00773 e. The lowest BCUT2D eigenvalue weighted by Gasteiger charge is -2.08. The Bertz CT molecular complexity index is 821. The molecule has 1 heteroatoms. The Kier molecular flexibility index (Phi) is 15.4. The van der Waals surface area contributed by atoms with Crippen molar-refractivity contribution < 1.29 is 0 Å². The maximum atomic E-state index is 5.56. The second kappa shape index (κ2) is 18.0. The molecule has 3 rings (SSSR count). The molecule has 32 heavy (non-hydrogen) atoms. The van der Waals surface area contributed by atoms with Crippen LogP contribution in [0.2, 0.25) is 0 Å². The van der Waals surface area contributed by atoms with Gasteiger partial charge < -0.3 is 5.73 Å².